The number of hydrogen-bond acceptors (Lipinski definition) is 3. The molecule has 2 aliphatic heterocycles. The molecule has 3 nitrogen and oxygen atoms in total. The van der Waals surface area contributed by atoms with Crippen LogP contribution in [-0.2, 0) is 28.1 Å². The Morgan fingerprint density at radius 3 is 1.95 bits per heavy atom. The molecule has 0 saturated heterocycles. The van der Waals surface area contributed by atoms with Crippen molar-refractivity contribution in [2.75, 3.05) is 9.80 Å². The van der Waals surface area contributed by atoms with Crippen molar-refractivity contribution in [3.63, 3.8) is 0 Å². The summed E-state index contributed by atoms with van der Waals surface area (Å²) in [6.45, 7) is 42.3. The minimum Gasteiger partial charge on any atom is -0.472 e. The van der Waals surface area contributed by atoms with Gasteiger partial charge in [0, 0.05) is 33.7 Å². The highest BCUT2D eigenvalue weighted by Gasteiger charge is 2.55. The molecule has 0 amide bonds. The molecule has 12 rings (SSSR count). The largest absolute Gasteiger partial charge is 0.472 e. The number of benzene rings is 3. The fourth-order valence-corrected chi connectivity index (χ4v) is 15.7. The molecule has 1 aromatic heterocycles. The van der Waals surface area contributed by atoms with Gasteiger partial charge >= 0.3 is 0 Å². The van der Waals surface area contributed by atoms with E-state index >= 15 is 0 Å². The van der Waals surface area contributed by atoms with E-state index in [1.54, 1.807) is 22.3 Å². The van der Waals surface area contributed by atoms with Gasteiger partial charge in [-0.15, -0.1) is 0 Å². The van der Waals surface area contributed by atoms with Crippen LogP contribution in [0.2, 0.25) is 0 Å². The molecule has 0 fully saturated rings. The molecule has 73 heavy (non-hydrogen) atoms. The molecule has 3 heterocycles. The summed E-state index contributed by atoms with van der Waals surface area (Å²) in [4.78, 5) is 5.70. The van der Waals surface area contributed by atoms with Crippen LogP contribution >= 0.6 is 0 Å². The SMILES string of the molecule is CC1(C)CCC(C)(C)C2=C1C=CC(N1c3cc(C(C)(C)C)cc4c3B(c3cc5c(cc3N4[C@H]3CC4=C(C=C3c3ccccc3)C(C)(C)CCC4(C)C)C(C)(C)CCC5)c3oc4c(c31)C(C)(C)CCC4(C)C)=CC2. The molecule has 4 heteroatoms. The van der Waals surface area contributed by atoms with Crippen LogP contribution < -0.4 is 26.4 Å². The summed E-state index contributed by atoms with van der Waals surface area (Å²) >= 11 is 0. The lowest BCUT2D eigenvalue weighted by atomic mass is 9.35. The Kier molecular flexibility index (Phi) is 10.6. The quantitative estimate of drug-likeness (QED) is 0.191. The molecule has 0 N–H and O–H groups in total. The highest BCUT2D eigenvalue weighted by Crippen LogP contribution is 2.59. The lowest BCUT2D eigenvalue weighted by Gasteiger charge is -2.51. The van der Waals surface area contributed by atoms with Crippen molar-refractivity contribution in [3.8, 4) is 0 Å². The first-order chi connectivity index (χ1) is 34.0. The minimum atomic E-state index is -0.119. The van der Waals surface area contributed by atoms with Crippen LogP contribution in [0.5, 0.6) is 0 Å². The van der Waals surface area contributed by atoms with Gasteiger partial charge in [0.15, 0.2) is 0 Å². The third-order valence-electron chi connectivity index (χ3n) is 20.8. The number of nitrogens with zero attached hydrogens (tertiary/aromatic N) is 2. The van der Waals surface area contributed by atoms with Crippen molar-refractivity contribution in [1.82, 2.24) is 0 Å². The van der Waals surface area contributed by atoms with Crippen LogP contribution in [0.1, 0.15) is 215 Å². The smallest absolute Gasteiger partial charge is 0.297 e. The fraction of sp³-hybridized carbons (Fsp3) is 0.536. The Bertz CT molecular complexity index is 3180. The number of allylic oxidation sites excluding steroid dienone is 7. The molecule has 4 aromatic rings. The highest BCUT2D eigenvalue weighted by molar-refractivity contribution is 6.99. The first kappa shape index (κ1) is 49.2. The molecule has 0 spiro atoms. The van der Waals surface area contributed by atoms with Crippen molar-refractivity contribution < 1.29 is 4.42 Å². The normalized spacial score (nSPS) is 25.3. The van der Waals surface area contributed by atoms with Crippen molar-refractivity contribution in [2.45, 2.75) is 216 Å². The summed E-state index contributed by atoms with van der Waals surface area (Å²) in [5, 5.41) is 0. The number of furan rings is 1. The maximum atomic E-state index is 7.93. The summed E-state index contributed by atoms with van der Waals surface area (Å²) in [5.41, 5.74) is 26.0. The standard InChI is InChI=1S/C69H87BN2O/c1-62(2,3)44-37-55-58-56(38-44)72(53-41-51-50(66(10,11)32-33-67(51,12)13)39-46(53)42-22-19-18-20-23-42)54-40-49-43(24-21-29-63(49,4)5)36-52(54)70(58)61-59(57-60(73-61)69(16,17)35-34-68(57,14)15)71(55)45-25-27-47-48(28-26-45)65(8,9)31-30-64(47,6)7/h18-20,22-23,25-27,36-40,53H,21,24,28-35,41H2,1-17H3/t53-/m0/s1. The Balaban J connectivity index is 1.20. The monoisotopic (exact) mass is 971 g/mol. The number of anilines is 4. The van der Waals surface area contributed by atoms with E-state index in [0.29, 0.717) is 0 Å². The Morgan fingerprint density at radius 1 is 0.616 bits per heavy atom. The van der Waals surface area contributed by atoms with Crippen LogP contribution in [0.4, 0.5) is 22.7 Å². The van der Waals surface area contributed by atoms with E-state index in [4.69, 9.17) is 4.42 Å². The maximum absolute atomic E-state index is 7.93. The van der Waals surface area contributed by atoms with E-state index in [-0.39, 0.29) is 56.1 Å². The van der Waals surface area contributed by atoms with Gasteiger partial charge in [-0.3, -0.25) is 0 Å². The summed E-state index contributed by atoms with van der Waals surface area (Å²) in [6.07, 6.45) is 22.9. The van der Waals surface area contributed by atoms with Crippen molar-refractivity contribution in [2.24, 2.45) is 21.7 Å². The summed E-state index contributed by atoms with van der Waals surface area (Å²) in [6, 6.07) is 22.3. The van der Waals surface area contributed by atoms with Gasteiger partial charge in [-0.05, 0) is 183 Å². The van der Waals surface area contributed by atoms with Gasteiger partial charge in [-0.25, -0.2) is 0 Å². The molecular weight excluding hydrogens is 884 g/mol. The van der Waals surface area contributed by atoms with E-state index < -0.39 is 0 Å². The van der Waals surface area contributed by atoms with Gasteiger partial charge in [0.1, 0.15) is 5.76 Å². The number of hydrogen-bond donors (Lipinski definition) is 0. The van der Waals surface area contributed by atoms with Gasteiger partial charge in [0.2, 0.25) is 0 Å². The van der Waals surface area contributed by atoms with Gasteiger partial charge < -0.3 is 14.2 Å². The highest BCUT2D eigenvalue weighted by atomic mass is 16.3. The van der Waals surface area contributed by atoms with E-state index in [1.807, 2.05) is 0 Å². The van der Waals surface area contributed by atoms with E-state index in [2.05, 4.69) is 206 Å². The molecule has 6 aliphatic carbocycles. The van der Waals surface area contributed by atoms with Crippen LogP contribution in [0.3, 0.4) is 0 Å². The van der Waals surface area contributed by atoms with Gasteiger partial charge in [-0.1, -0.05) is 183 Å². The lowest BCUT2D eigenvalue weighted by molar-refractivity contribution is 0.257. The van der Waals surface area contributed by atoms with Gasteiger partial charge in [-0.2, -0.15) is 0 Å². The average molecular weight is 971 g/mol. The van der Waals surface area contributed by atoms with E-state index in [1.165, 1.54) is 117 Å². The van der Waals surface area contributed by atoms with E-state index in [0.717, 1.165) is 37.8 Å². The second kappa shape index (κ2) is 15.7. The summed E-state index contributed by atoms with van der Waals surface area (Å²) in [7, 11) is 0. The second-order valence-electron chi connectivity index (χ2n) is 30.1. The molecule has 0 saturated carbocycles. The topological polar surface area (TPSA) is 19.6 Å². The Morgan fingerprint density at radius 2 is 1.25 bits per heavy atom. The number of aryl methyl sites for hydroxylation is 1. The third kappa shape index (κ3) is 7.37. The molecule has 3 aromatic carbocycles. The average Bonchev–Trinajstić information content (AvgIpc) is 3.59. The molecule has 1 atom stereocenters. The van der Waals surface area contributed by atoms with Crippen LogP contribution in [-0.4, -0.2) is 12.8 Å². The van der Waals surface area contributed by atoms with Crippen molar-refractivity contribution in [1.29, 1.82) is 0 Å². The molecule has 382 valence electrons. The van der Waals surface area contributed by atoms with E-state index in [9.17, 15) is 0 Å². The first-order valence-corrected chi connectivity index (χ1v) is 28.8. The Labute approximate surface area is 441 Å². The molecule has 0 unspecified atom stereocenters. The lowest BCUT2D eigenvalue weighted by Crippen LogP contribution is -2.63. The van der Waals surface area contributed by atoms with Crippen LogP contribution in [0, 0.1) is 21.7 Å². The zero-order valence-electron chi connectivity index (χ0n) is 48.2. The zero-order valence-corrected chi connectivity index (χ0v) is 48.2. The molecule has 0 radical (unpaired) electrons. The first-order valence-electron chi connectivity index (χ1n) is 28.8. The van der Waals surface area contributed by atoms with Crippen molar-refractivity contribution >= 4 is 51.6 Å². The summed E-state index contributed by atoms with van der Waals surface area (Å²) in [5.74, 6) is 1.20. The Hall–Kier alpha value is -4.70. The number of fused-ring (bicyclic) bond motifs is 7. The van der Waals surface area contributed by atoms with Gasteiger partial charge in [0.05, 0.1) is 17.4 Å². The zero-order chi connectivity index (χ0) is 52.0. The second-order valence-corrected chi connectivity index (χ2v) is 30.1. The fourth-order valence-electron chi connectivity index (χ4n) is 15.7. The minimum absolute atomic E-state index is 0.0591. The predicted molar refractivity (Wildman–Crippen MR) is 313 cm³/mol. The molecule has 0 bridgehead atoms. The maximum Gasteiger partial charge on any atom is 0.297 e. The third-order valence-corrected chi connectivity index (χ3v) is 20.8. The number of rotatable bonds is 3. The predicted octanol–water partition coefficient (Wildman–Crippen LogP) is 16.9. The summed E-state index contributed by atoms with van der Waals surface area (Å²) < 4.78 is 7.93. The van der Waals surface area contributed by atoms with Gasteiger partial charge in [0.25, 0.3) is 6.71 Å². The van der Waals surface area contributed by atoms with Crippen molar-refractivity contribution in [3.05, 3.63) is 140 Å². The van der Waals surface area contributed by atoms with Crippen LogP contribution in [0.25, 0.3) is 5.57 Å². The molecule has 8 aliphatic rings. The van der Waals surface area contributed by atoms with Crippen LogP contribution in [0.15, 0.2) is 111 Å². The molecular formula is C69H87BN2O.